The topological polar surface area (TPSA) is 167 Å². The van der Waals surface area contributed by atoms with Crippen molar-refractivity contribution in [2.45, 2.75) is 12.1 Å². The Morgan fingerprint density at radius 1 is 0.783 bits per heavy atom. The molecular formula is C12H14N2O8S. The first-order valence-corrected chi connectivity index (χ1v) is 8.04. The Labute approximate surface area is 130 Å². The monoisotopic (exact) mass is 346 g/mol. The summed E-state index contributed by atoms with van der Waals surface area (Å²) in [7, 11) is -3.51. The molecule has 1 heterocycles. The van der Waals surface area contributed by atoms with Crippen LogP contribution in [0.1, 0.15) is 0 Å². The molecule has 126 valence electrons. The van der Waals surface area contributed by atoms with E-state index < -0.39 is 57.2 Å². The number of rotatable bonds is 6. The molecule has 1 fully saturated rings. The van der Waals surface area contributed by atoms with Crippen LogP contribution >= 0.6 is 0 Å². The Kier molecular flexibility index (Phi) is 6.02. The highest BCUT2D eigenvalue weighted by Crippen LogP contribution is 2.13. The Hall–Kier alpha value is -2.69. The van der Waals surface area contributed by atoms with Gasteiger partial charge in [0.1, 0.15) is 0 Å². The second-order valence-electron chi connectivity index (χ2n) is 4.65. The second kappa shape index (κ2) is 7.54. The quantitative estimate of drug-likeness (QED) is 0.388. The Bertz CT molecular complexity index is 627. The van der Waals surface area contributed by atoms with Crippen LogP contribution in [0.5, 0.6) is 0 Å². The van der Waals surface area contributed by atoms with E-state index in [1.165, 1.54) is 0 Å². The number of hydrogen-bond acceptors (Lipinski definition) is 6. The summed E-state index contributed by atoms with van der Waals surface area (Å²) < 4.78 is 23.2. The van der Waals surface area contributed by atoms with Crippen molar-refractivity contribution in [3.63, 3.8) is 0 Å². The molecule has 4 N–H and O–H groups in total. The molecule has 0 aromatic rings. The van der Waals surface area contributed by atoms with Crippen molar-refractivity contribution in [2.75, 3.05) is 11.5 Å². The van der Waals surface area contributed by atoms with E-state index in [-0.39, 0.29) is 0 Å². The van der Waals surface area contributed by atoms with Gasteiger partial charge in [-0.25, -0.2) is 18.0 Å². The van der Waals surface area contributed by atoms with Gasteiger partial charge in [0.25, 0.3) is 0 Å². The van der Waals surface area contributed by atoms with Gasteiger partial charge in [-0.1, -0.05) is 0 Å². The van der Waals surface area contributed by atoms with Crippen LogP contribution in [0.25, 0.3) is 0 Å². The Balaban J connectivity index is 2.75. The Morgan fingerprint density at radius 2 is 1.13 bits per heavy atom. The number of carboxylic acid groups (broad SMARTS) is 2. The maximum absolute atomic E-state index is 11.6. The fourth-order valence-electron chi connectivity index (χ4n) is 1.89. The van der Waals surface area contributed by atoms with Gasteiger partial charge in [0.15, 0.2) is 9.84 Å². The number of sulfone groups is 1. The third-order valence-corrected chi connectivity index (χ3v) is 4.50. The number of carbonyl (C=O) groups is 4. The molecular weight excluding hydrogens is 332 g/mol. The molecule has 0 aromatic carbocycles. The molecule has 0 aromatic heterocycles. The highest BCUT2D eigenvalue weighted by molar-refractivity contribution is 7.91. The molecule has 23 heavy (non-hydrogen) atoms. The average molecular weight is 346 g/mol. The summed E-state index contributed by atoms with van der Waals surface area (Å²) in [5.41, 5.74) is 0. The number of hydrogen-bond donors (Lipinski definition) is 4. The van der Waals surface area contributed by atoms with Gasteiger partial charge >= 0.3 is 11.9 Å². The summed E-state index contributed by atoms with van der Waals surface area (Å²) in [5.74, 6) is -5.18. The van der Waals surface area contributed by atoms with Crippen LogP contribution in [-0.2, 0) is 29.0 Å². The number of aliphatic carboxylic acids is 2. The lowest BCUT2D eigenvalue weighted by Crippen LogP contribution is -2.50. The van der Waals surface area contributed by atoms with Gasteiger partial charge < -0.3 is 20.8 Å². The van der Waals surface area contributed by atoms with Crippen molar-refractivity contribution in [3.8, 4) is 0 Å². The first-order chi connectivity index (χ1) is 10.6. The lowest BCUT2D eigenvalue weighted by Gasteiger charge is -2.19. The van der Waals surface area contributed by atoms with Crippen LogP contribution in [0.15, 0.2) is 24.3 Å². The fraction of sp³-hybridized carbons (Fsp3) is 0.333. The van der Waals surface area contributed by atoms with E-state index in [1.807, 2.05) is 0 Å². The van der Waals surface area contributed by atoms with Crippen molar-refractivity contribution < 1.29 is 37.8 Å². The highest BCUT2D eigenvalue weighted by atomic mass is 32.2. The number of carbonyl (C=O) groups excluding carboxylic acids is 2. The van der Waals surface area contributed by atoms with Crippen LogP contribution in [0, 0.1) is 0 Å². The third-order valence-electron chi connectivity index (χ3n) is 2.76. The first-order valence-electron chi connectivity index (χ1n) is 6.22. The van der Waals surface area contributed by atoms with Crippen LogP contribution < -0.4 is 10.6 Å². The van der Waals surface area contributed by atoms with Crippen LogP contribution in [0.3, 0.4) is 0 Å². The summed E-state index contributed by atoms with van der Waals surface area (Å²) >= 11 is 0. The minimum Gasteiger partial charge on any atom is -0.478 e. The van der Waals surface area contributed by atoms with E-state index in [1.54, 1.807) is 0 Å². The third kappa shape index (κ3) is 6.74. The van der Waals surface area contributed by atoms with Gasteiger partial charge in [0, 0.05) is 24.3 Å². The second-order valence-corrected chi connectivity index (χ2v) is 6.80. The fourth-order valence-corrected chi connectivity index (χ4v) is 3.75. The number of carboxylic acids is 2. The van der Waals surface area contributed by atoms with E-state index in [9.17, 15) is 27.6 Å². The highest BCUT2D eigenvalue weighted by Gasteiger charge is 2.38. The minimum atomic E-state index is -3.51. The van der Waals surface area contributed by atoms with E-state index in [2.05, 4.69) is 10.6 Å². The molecule has 0 aliphatic carbocycles. The molecule has 2 atom stereocenters. The molecule has 1 rings (SSSR count). The molecule has 0 spiro atoms. The predicted molar refractivity (Wildman–Crippen MR) is 76.1 cm³/mol. The van der Waals surface area contributed by atoms with Crippen LogP contribution in [0.4, 0.5) is 0 Å². The minimum absolute atomic E-state index is 0.423. The normalized spacial score (nSPS) is 23.0. The maximum Gasteiger partial charge on any atom is 0.328 e. The van der Waals surface area contributed by atoms with Crippen molar-refractivity contribution in [3.05, 3.63) is 24.3 Å². The Morgan fingerprint density at radius 3 is 1.43 bits per heavy atom. The van der Waals surface area contributed by atoms with Crippen molar-refractivity contribution in [2.24, 2.45) is 0 Å². The van der Waals surface area contributed by atoms with E-state index in [0.717, 1.165) is 12.2 Å². The first kappa shape index (κ1) is 18.4. The van der Waals surface area contributed by atoms with E-state index in [0.29, 0.717) is 12.2 Å². The largest absolute Gasteiger partial charge is 0.478 e. The zero-order chi connectivity index (χ0) is 17.6. The maximum atomic E-state index is 11.6. The summed E-state index contributed by atoms with van der Waals surface area (Å²) in [6.45, 7) is 0. The molecule has 1 aliphatic rings. The summed E-state index contributed by atoms with van der Waals surface area (Å²) in [6, 6.07) is -1.90. The van der Waals surface area contributed by atoms with E-state index in [4.69, 9.17) is 10.2 Å². The lowest BCUT2D eigenvalue weighted by atomic mass is 10.1. The van der Waals surface area contributed by atoms with Gasteiger partial charge in [-0.05, 0) is 0 Å². The summed E-state index contributed by atoms with van der Waals surface area (Å²) in [4.78, 5) is 43.6. The van der Waals surface area contributed by atoms with Gasteiger partial charge in [-0.3, -0.25) is 9.59 Å². The molecule has 10 nitrogen and oxygen atoms in total. The molecule has 2 amide bonds. The smallest absolute Gasteiger partial charge is 0.328 e. The zero-order valence-electron chi connectivity index (χ0n) is 11.6. The zero-order valence-corrected chi connectivity index (χ0v) is 12.4. The molecule has 1 saturated heterocycles. The molecule has 1 aliphatic heterocycles. The van der Waals surface area contributed by atoms with Crippen LogP contribution in [0.2, 0.25) is 0 Å². The van der Waals surface area contributed by atoms with E-state index >= 15 is 0 Å². The van der Waals surface area contributed by atoms with Gasteiger partial charge in [0.2, 0.25) is 11.8 Å². The predicted octanol–water partition coefficient (Wildman–Crippen LogP) is -2.33. The van der Waals surface area contributed by atoms with Gasteiger partial charge in [0.05, 0.1) is 23.6 Å². The molecule has 0 bridgehead atoms. The lowest BCUT2D eigenvalue weighted by molar-refractivity contribution is -0.132. The summed E-state index contributed by atoms with van der Waals surface area (Å²) in [5, 5.41) is 21.4. The standard InChI is InChI=1S/C12H14N2O8S/c15-9(1-3-11(17)18)13-7-5-23(21,22)6-8(7)14-10(16)2-4-12(19)20/h1-4,7-8H,5-6H2,(H,13,15)(H,14,16)(H,17,18)(H,19,20). The van der Waals surface area contributed by atoms with Gasteiger partial charge in [-0.2, -0.15) is 0 Å². The summed E-state index contributed by atoms with van der Waals surface area (Å²) in [6.07, 6.45) is 2.61. The molecule has 0 radical (unpaired) electrons. The molecule has 0 saturated carbocycles. The SMILES string of the molecule is O=C(O)C=CC(=O)NC1CS(=O)(=O)CC1NC(=O)C=CC(=O)O. The van der Waals surface area contributed by atoms with Crippen molar-refractivity contribution >= 4 is 33.6 Å². The number of nitrogens with one attached hydrogen (secondary N) is 2. The molecule has 11 heteroatoms. The molecule has 2 unspecified atom stereocenters. The van der Waals surface area contributed by atoms with Crippen molar-refractivity contribution in [1.29, 1.82) is 0 Å². The van der Waals surface area contributed by atoms with Crippen molar-refractivity contribution in [1.82, 2.24) is 10.6 Å². The average Bonchev–Trinajstić information content (AvgIpc) is 2.68. The number of amides is 2. The van der Waals surface area contributed by atoms with Crippen LogP contribution in [-0.4, -0.2) is 66.0 Å². The van der Waals surface area contributed by atoms with Gasteiger partial charge in [-0.15, -0.1) is 0 Å².